The van der Waals surface area contributed by atoms with Crippen LogP contribution in [0.5, 0.6) is 0 Å². The van der Waals surface area contributed by atoms with Gasteiger partial charge >= 0.3 is 0 Å². The van der Waals surface area contributed by atoms with Gasteiger partial charge in [0, 0.05) is 12.1 Å². The average molecular weight is 419 g/mol. The first-order valence-electron chi connectivity index (χ1n) is 8.79. The molecule has 0 bridgehead atoms. The Labute approximate surface area is 169 Å². The first-order chi connectivity index (χ1) is 14.1. The molecule has 0 aliphatic rings. The Morgan fingerprint density at radius 2 is 2.07 bits per heavy atom. The van der Waals surface area contributed by atoms with Crippen molar-refractivity contribution in [1.29, 1.82) is 0 Å². The maximum Gasteiger partial charge on any atom is 0.184 e. The Bertz CT molecular complexity index is 1000. The molecule has 0 spiro atoms. The Balaban J connectivity index is 1.73. The standard InChI is InChI=1S/C18H19F2N7OS/c1-3-21-9-18(29-10-17-23-26-27-24-17)25-22-11(2)15-6-7-16(28-15)12-4-5-13(19)14(20)8-12/h4-8,21H,3,9-10H2,1-2H3,(H,23,24,26,27). The average Bonchev–Trinajstić information content (AvgIpc) is 3.41. The fraction of sp³-hybridized carbons (Fsp3) is 0.278. The van der Waals surface area contributed by atoms with Crippen molar-refractivity contribution in [3.8, 4) is 11.3 Å². The van der Waals surface area contributed by atoms with E-state index < -0.39 is 11.6 Å². The maximum atomic E-state index is 13.4. The van der Waals surface area contributed by atoms with Crippen molar-refractivity contribution in [3.05, 3.63) is 53.6 Å². The summed E-state index contributed by atoms with van der Waals surface area (Å²) in [5.41, 5.74) is 0.989. The van der Waals surface area contributed by atoms with Gasteiger partial charge in [-0.2, -0.15) is 10.3 Å². The Kier molecular flexibility index (Phi) is 7.19. The van der Waals surface area contributed by atoms with Gasteiger partial charge in [-0.25, -0.2) is 8.78 Å². The lowest BCUT2D eigenvalue weighted by Gasteiger charge is -2.03. The molecule has 2 aromatic heterocycles. The molecular weight excluding hydrogens is 400 g/mol. The molecule has 8 nitrogen and oxygen atoms in total. The summed E-state index contributed by atoms with van der Waals surface area (Å²) in [6.45, 7) is 5.10. The van der Waals surface area contributed by atoms with Gasteiger partial charge < -0.3 is 9.73 Å². The fourth-order valence-electron chi connectivity index (χ4n) is 2.26. The monoisotopic (exact) mass is 419 g/mol. The van der Waals surface area contributed by atoms with Gasteiger partial charge in [-0.3, -0.25) is 0 Å². The molecule has 2 heterocycles. The number of hydrogen-bond donors (Lipinski definition) is 2. The van der Waals surface area contributed by atoms with E-state index in [1.807, 2.05) is 6.92 Å². The van der Waals surface area contributed by atoms with Crippen molar-refractivity contribution < 1.29 is 13.2 Å². The minimum Gasteiger partial charge on any atom is -0.455 e. The molecule has 152 valence electrons. The quantitative estimate of drug-likeness (QED) is 0.329. The molecule has 0 aliphatic heterocycles. The number of rotatable bonds is 8. The van der Waals surface area contributed by atoms with Crippen LogP contribution in [0.1, 0.15) is 25.4 Å². The summed E-state index contributed by atoms with van der Waals surface area (Å²) in [6.07, 6.45) is 0. The zero-order valence-corrected chi connectivity index (χ0v) is 16.6. The van der Waals surface area contributed by atoms with Gasteiger partial charge in [0.05, 0.1) is 5.75 Å². The predicted molar refractivity (Wildman–Crippen MR) is 108 cm³/mol. The van der Waals surface area contributed by atoms with E-state index in [-0.39, 0.29) is 0 Å². The third-order valence-corrected chi connectivity index (χ3v) is 4.72. The van der Waals surface area contributed by atoms with Gasteiger partial charge in [-0.05, 0) is 43.8 Å². The number of benzene rings is 1. The number of aromatic amines is 1. The number of nitrogens with one attached hydrogen (secondary N) is 2. The van der Waals surface area contributed by atoms with E-state index in [1.54, 1.807) is 19.1 Å². The van der Waals surface area contributed by atoms with Gasteiger partial charge in [0.15, 0.2) is 23.2 Å². The first kappa shape index (κ1) is 20.8. The minimum absolute atomic E-state index is 0.414. The van der Waals surface area contributed by atoms with Crippen LogP contribution in [0, 0.1) is 11.6 Å². The number of H-pyrrole nitrogens is 1. The van der Waals surface area contributed by atoms with Gasteiger partial charge in [0.1, 0.15) is 16.5 Å². The molecule has 0 aliphatic carbocycles. The lowest BCUT2D eigenvalue weighted by Crippen LogP contribution is -2.20. The van der Waals surface area contributed by atoms with Crippen molar-refractivity contribution in [1.82, 2.24) is 25.9 Å². The number of aromatic nitrogens is 4. The molecule has 0 saturated carbocycles. The van der Waals surface area contributed by atoms with E-state index >= 15 is 0 Å². The van der Waals surface area contributed by atoms with Crippen LogP contribution in [0.25, 0.3) is 11.3 Å². The van der Waals surface area contributed by atoms with Crippen LogP contribution in [-0.4, -0.2) is 44.5 Å². The zero-order valence-electron chi connectivity index (χ0n) is 15.8. The highest BCUT2D eigenvalue weighted by molar-refractivity contribution is 8.13. The highest BCUT2D eigenvalue weighted by Crippen LogP contribution is 2.24. The SMILES string of the molecule is CCNCC(=NN=C(C)c1ccc(-c2ccc(F)c(F)c2)o1)SCc1nn[nH]n1. The van der Waals surface area contributed by atoms with Crippen LogP contribution in [0.15, 0.2) is 45.0 Å². The second kappa shape index (κ2) is 10.0. The molecule has 0 unspecified atom stereocenters. The molecule has 0 amide bonds. The number of furan rings is 1. The smallest absolute Gasteiger partial charge is 0.184 e. The van der Waals surface area contributed by atoms with E-state index in [9.17, 15) is 8.78 Å². The highest BCUT2D eigenvalue weighted by Gasteiger charge is 2.10. The summed E-state index contributed by atoms with van der Waals surface area (Å²) in [7, 11) is 0. The van der Waals surface area contributed by atoms with Crippen molar-refractivity contribution in [3.63, 3.8) is 0 Å². The number of hydrogen-bond acceptors (Lipinski definition) is 8. The normalized spacial score (nSPS) is 12.6. The van der Waals surface area contributed by atoms with E-state index in [1.165, 1.54) is 17.8 Å². The molecule has 3 rings (SSSR count). The second-order valence-electron chi connectivity index (χ2n) is 5.87. The summed E-state index contributed by atoms with van der Waals surface area (Å²) in [4.78, 5) is 0. The Morgan fingerprint density at radius 3 is 2.79 bits per heavy atom. The Hall–Kier alpha value is -2.92. The van der Waals surface area contributed by atoms with E-state index in [4.69, 9.17) is 4.42 Å². The van der Waals surface area contributed by atoms with Crippen LogP contribution in [-0.2, 0) is 5.75 Å². The topological polar surface area (TPSA) is 104 Å². The van der Waals surface area contributed by atoms with Gasteiger partial charge in [-0.15, -0.1) is 15.3 Å². The van der Waals surface area contributed by atoms with E-state index in [2.05, 4.69) is 36.1 Å². The van der Waals surface area contributed by atoms with Crippen LogP contribution < -0.4 is 5.32 Å². The van der Waals surface area contributed by atoms with Crippen molar-refractivity contribution >= 4 is 22.5 Å². The van der Waals surface area contributed by atoms with Crippen LogP contribution >= 0.6 is 11.8 Å². The van der Waals surface area contributed by atoms with Gasteiger partial charge in [0.2, 0.25) is 0 Å². The summed E-state index contributed by atoms with van der Waals surface area (Å²) in [6, 6.07) is 6.99. The molecule has 0 fully saturated rings. The molecule has 11 heteroatoms. The zero-order chi connectivity index (χ0) is 20.6. The van der Waals surface area contributed by atoms with E-state index in [0.717, 1.165) is 23.7 Å². The summed E-state index contributed by atoms with van der Waals surface area (Å²) < 4.78 is 32.3. The number of tetrazole rings is 1. The van der Waals surface area contributed by atoms with Gasteiger partial charge in [-0.1, -0.05) is 23.9 Å². The third-order valence-electron chi connectivity index (χ3n) is 3.76. The lowest BCUT2D eigenvalue weighted by atomic mass is 10.1. The van der Waals surface area contributed by atoms with Gasteiger partial charge in [0.25, 0.3) is 0 Å². The van der Waals surface area contributed by atoms with Crippen molar-refractivity contribution in [2.75, 3.05) is 13.1 Å². The Morgan fingerprint density at radius 1 is 1.21 bits per heavy atom. The minimum atomic E-state index is -0.929. The molecular formula is C18H19F2N7OS. The van der Waals surface area contributed by atoms with Crippen molar-refractivity contribution in [2.24, 2.45) is 10.2 Å². The van der Waals surface area contributed by atoms with Crippen LogP contribution in [0.2, 0.25) is 0 Å². The van der Waals surface area contributed by atoms with E-state index in [0.29, 0.717) is 40.9 Å². The maximum absolute atomic E-state index is 13.4. The summed E-state index contributed by atoms with van der Waals surface area (Å²) in [5.74, 6) is 0.149. The number of thioether (sulfide) groups is 1. The molecule has 0 saturated heterocycles. The number of halogens is 2. The lowest BCUT2D eigenvalue weighted by molar-refractivity contribution is 0.507. The summed E-state index contributed by atoms with van der Waals surface area (Å²) in [5, 5.41) is 26.2. The fourth-order valence-corrected chi connectivity index (χ4v) is 2.98. The molecule has 0 radical (unpaired) electrons. The molecule has 29 heavy (non-hydrogen) atoms. The number of nitrogens with zero attached hydrogens (tertiary/aromatic N) is 5. The second-order valence-corrected chi connectivity index (χ2v) is 6.92. The predicted octanol–water partition coefficient (Wildman–Crippen LogP) is 3.40. The molecule has 0 atom stereocenters. The van der Waals surface area contributed by atoms with Crippen LogP contribution in [0.3, 0.4) is 0 Å². The highest BCUT2D eigenvalue weighted by atomic mass is 32.2. The third kappa shape index (κ3) is 5.78. The molecule has 2 N–H and O–H groups in total. The first-order valence-corrected chi connectivity index (χ1v) is 9.78. The molecule has 1 aromatic carbocycles. The molecule has 3 aromatic rings. The summed E-state index contributed by atoms with van der Waals surface area (Å²) >= 11 is 1.45. The van der Waals surface area contributed by atoms with Crippen molar-refractivity contribution in [2.45, 2.75) is 19.6 Å². The van der Waals surface area contributed by atoms with Crippen LogP contribution in [0.4, 0.5) is 8.78 Å². The largest absolute Gasteiger partial charge is 0.455 e.